The van der Waals surface area contributed by atoms with Gasteiger partial charge in [-0.2, -0.15) is 5.26 Å². The Morgan fingerprint density at radius 1 is 1.41 bits per heavy atom. The van der Waals surface area contributed by atoms with Crippen molar-refractivity contribution in [1.82, 2.24) is 0 Å². The maximum absolute atomic E-state index is 8.46. The summed E-state index contributed by atoms with van der Waals surface area (Å²) >= 11 is 0. The molecule has 1 rings (SSSR count). The van der Waals surface area contributed by atoms with Crippen LogP contribution in [-0.4, -0.2) is 19.8 Å². The van der Waals surface area contributed by atoms with Gasteiger partial charge in [0.25, 0.3) is 0 Å². The van der Waals surface area contributed by atoms with E-state index < -0.39 is 0 Å². The summed E-state index contributed by atoms with van der Waals surface area (Å²) in [6.45, 7) is 2.08. The van der Waals surface area contributed by atoms with Crippen LogP contribution in [0.15, 0.2) is 18.2 Å². The number of methoxy groups -OCH3 is 1. The maximum Gasteiger partial charge on any atom is 0.174 e. The molecule has 1 aromatic carbocycles. The van der Waals surface area contributed by atoms with Gasteiger partial charge < -0.3 is 15.2 Å². The molecule has 0 aliphatic carbocycles. The Hall–Kier alpha value is -1.73. The molecule has 1 aromatic rings. The van der Waals surface area contributed by atoms with Crippen molar-refractivity contribution in [2.45, 2.75) is 25.8 Å². The summed E-state index contributed by atoms with van der Waals surface area (Å²) < 4.78 is 10.5. The highest BCUT2D eigenvalue weighted by Gasteiger charge is 2.07. The predicted molar refractivity (Wildman–Crippen MR) is 66.1 cm³/mol. The number of benzene rings is 1. The molecule has 0 saturated carbocycles. The van der Waals surface area contributed by atoms with Gasteiger partial charge >= 0.3 is 0 Å². The van der Waals surface area contributed by atoms with Crippen LogP contribution in [0.5, 0.6) is 11.5 Å². The Morgan fingerprint density at radius 2 is 2.18 bits per heavy atom. The second kappa shape index (κ2) is 6.77. The zero-order valence-corrected chi connectivity index (χ0v) is 10.3. The summed E-state index contributed by atoms with van der Waals surface area (Å²) in [5.41, 5.74) is 7.01. The van der Waals surface area contributed by atoms with Crippen LogP contribution in [-0.2, 0) is 6.42 Å². The lowest BCUT2D eigenvalue weighted by atomic mass is 10.0. The van der Waals surface area contributed by atoms with Gasteiger partial charge in [0.1, 0.15) is 6.07 Å². The Kier molecular flexibility index (Phi) is 5.31. The number of hydrogen-bond donors (Lipinski definition) is 1. The second-order valence-corrected chi connectivity index (χ2v) is 3.80. The van der Waals surface area contributed by atoms with Crippen LogP contribution in [0, 0.1) is 11.3 Å². The van der Waals surface area contributed by atoms with Crippen molar-refractivity contribution >= 4 is 0 Å². The molecular formula is C13H18N2O2. The van der Waals surface area contributed by atoms with Crippen LogP contribution in [0.3, 0.4) is 0 Å². The number of hydrogen-bond acceptors (Lipinski definition) is 4. The van der Waals surface area contributed by atoms with Crippen LogP contribution in [0.25, 0.3) is 0 Å². The lowest BCUT2D eigenvalue weighted by Gasteiger charge is -2.12. The normalized spacial score (nSPS) is 11.6. The largest absolute Gasteiger partial charge is 0.493 e. The highest BCUT2D eigenvalue weighted by atomic mass is 16.5. The molecule has 2 N–H and O–H groups in total. The van der Waals surface area contributed by atoms with Crippen LogP contribution in [0.4, 0.5) is 0 Å². The van der Waals surface area contributed by atoms with Gasteiger partial charge in [0.05, 0.1) is 7.11 Å². The Morgan fingerprint density at radius 3 is 2.76 bits per heavy atom. The van der Waals surface area contributed by atoms with E-state index in [0.717, 1.165) is 18.4 Å². The molecule has 4 heteroatoms. The molecule has 1 atom stereocenters. The fourth-order valence-electron chi connectivity index (χ4n) is 1.52. The molecule has 1 unspecified atom stereocenters. The van der Waals surface area contributed by atoms with Gasteiger partial charge in [0.15, 0.2) is 18.1 Å². The van der Waals surface area contributed by atoms with E-state index in [-0.39, 0.29) is 12.6 Å². The predicted octanol–water partition coefficient (Wildman–Crippen LogP) is 1.88. The van der Waals surface area contributed by atoms with Crippen LogP contribution in [0.1, 0.15) is 18.9 Å². The minimum absolute atomic E-state index is 0.0180. The monoisotopic (exact) mass is 234 g/mol. The van der Waals surface area contributed by atoms with Crippen molar-refractivity contribution in [3.63, 3.8) is 0 Å². The first-order chi connectivity index (χ1) is 8.21. The smallest absolute Gasteiger partial charge is 0.174 e. The van der Waals surface area contributed by atoms with Gasteiger partial charge in [0.2, 0.25) is 0 Å². The second-order valence-electron chi connectivity index (χ2n) is 3.80. The topological polar surface area (TPSA) is 68.3 Å². The van der Waals surface area contributed by atoms with Crippen LogP contribution in [0.2, 0.25) is 0 Å². The van der Waals surface area contributed by atoms with E-state index in [1.165, 1.54) is 0 Å². The van der Waals surface area contributed by atoms with E-state index in [1.807, 2.05) is 24.3 Å². The zero-order valence-electron chi connectivity index (χ0n) is 10.3. The molecule has 0 fully saturated rings. The Balaban J connectivity index is 2.81. The van der Waals surface area contributed by atoms with Crippen molar-refractivity contribution in [3.05, 3.63) is 23.8 Å². The average Bonchev–Trinajstić information content (AvgIpc) is 2.36. The minimum atomic E-state index is 0.0180. The first-order valence-electron chi connectivity index (χ1n) is 5.63. The summed E-state index contributed by atoms with van der Waals surface area (Å²) in [7, 11) is 1.58. The van der Waals surface area contributed by atoms with E-state index >= 15 is 0 Å². The van der Waals surface area contributed by atoms with Gasteiger partial charge in [-0.05, 0) is 30.5 Å². The van der Waals surface area contributed by atoms with E-state index in [2.05, 4.69) is 6.92 Å². The fourth-order valence-corrected chi connectivity index (χ4v) is 1.52. The molecule has 0 aliphatic rings. The molecule has 0 spiro atoms. The molecule has 92 valence electrons. The van der Waals surface area contributed by atoms with E-state index in [1.54, 1.807) is 7.11 Å². The van der Waals surface area contributed by atoms with Crippen molar-refractivity contribution < 1.29 is 9.47 Å². The molecule has 0 amide bonds. The summed E-state index contributed by atoms with van der Waals surface area (Å²) in [6, 6.07) is 7.75. The van der Waals surface area contributed by atoms with Gasteiger partial charge in [-0.25, -0.2) is 0 Å². The van der Waals surface area contributed by atoms with Gasteiger partial charge in [-0.1, -0.05) is 13.0 Å². The lowest BCUT2D eigenvalue weighted by molar-refractivity contribution is 0.329. The molecular weight excluding hydrogens is 216 g/mol. The number of nitrogens with two attached hydrogens (primary N) is 1. The average molecular weight is 234 g/mol. The molecule has 4 nitrogen and oxygen atoms in total. The third kappa shape index (κ3) is 3.97. The highest BCUT2D eigenvalue weighted by molar-refractivity contribution is 5.43. The molecule has 0 saturated heterocycles. The number of ether oxygens (including phenoxy) is 2. The molecule has 0 heterocycles. The van der Waals surface area contributed by atoms with E-state index in [0.29, 0.717) is 11.5 Å². The summed E-state index contributed by atoms with van der Waals surface area (Å²) in [5.74, 6) is 1.23. The first-order valence-corrected chi connectivity index (χ1v) is 5.63. The van der Waals surface area contributed by atoms with Crippen molar-refractivity contribution in [2.75, 3.05) is 13.7 Å². The zero-order chi connectivity index (χ0) is 12.7. The van der Waals surface area contributed by atoms with E-state index in [4.69, 9.17) is 20.5 Å². The highest BCUT2D eigenvalue weighted by Crippen LogP contribution is 2.28. The third-order valence-electron chi connectivity index (χ3n) is 2.54. The Labute approximate surface area is 102 Å². The number of nitrogens with zero attached hydrogens (tertiary/aromatic N) is 1. The SMILES string of the molecule is CCC(N)Cc1ccc(OCC#N)c(OC)c1. The summed E-state index contributed by atoms with van der Waals surface area (Å²) in [6.07, 6.45) is 1.75. The lowest BCUT2D eigenvalue weighted by Crippen LogP contribution is -2.21. The molecule has 0 bridgehead atoms. The minimum Gasteiger partial charge on any atom is -0.493 e. The summed E-state index contributed by atoms with van der Waals surface area (Å²) in [5, 5.41) is 8.46. The van der Waals surface area contributed by atoms with Crippen molar-refractivity contribution in [3.8, 4) is 17.6 Å². The molecule has 0 aliphatic heterocycles. The van der Waals surface area contributed by atoms with Crippen molar-refractivity contribution in [2.24, 2.45) is 5.73 Å². The molecule has 0 aromatic heterocycles. The molecule has 0 radical (unpaired) electrons. The fraction of sp³-hybridized carbons (Fsp3) is 0.462. The Bertz CT molecular complexity index is 399. The first kappa shape index (κ1) is 13.3. The number of rotatable bonds is 6. The van der Waals surface area contributed by atoms with Crippen LogP contribution < -0.4 is 15.2 Å². The van der Waals surface area contributed by atoms with Gasteiger partial charge in [-0.15, -0.1) is 0 Å². The van der Waals surface area contributed by atoms with Gasteiger partial charge in [-0.3, -0.25) is 0 Å². The molecule has 17 heavy (non-hydrogen) atoms. The van der Waals surface area contributed by atoms with E-state index in [9.17, 15) is 0 Å². The number of nitriles is 1. The van der Waals surface area contributed by atoms with Crippen molar-refractivity contribution in [1.29, 1.82) is 5.26 Å². The third-order valence-corrected chi connectivity index (χ3v) is 2.54. The standard InChI is InChI=1S/C13H18N2O2/c1-3-11(15)8-10-4-5-12(17-7-6-14)13(9-10)16-2/h4-5,9,11H,3,7-8,15H2,1-2H3. The quantitative estimate of drug-likeness (QED) is 0.816. The van der Waals surface area contributed by atoms with Gasteiger partial charge in [0, 0.05) is 6.04 Å². The van der Waals surface area contributed by atoms with Crippen LogP contribution >= 0.6 is 0 Å². The maximum atomic E-state index is 8.46. The summed E-state index contributed by atoms with van der Waals surface area (Å²) in [4.78, 5) is 0.